The molecule has 1 aliphatic rings. The molecule has 140 valence electrons. The summed E-state index contributed by atoms with van der Waals surface area (Å²) in [5.74, 6) is -0.459. The molecule has 1 fully saturated rings. The molecular weight excluding hydrogens is 360 g/mol. The molecule has 9 nitrogen and oxygen atoms in total. The number of carbonyl (C=O) groups excluding carboxylic acids is 1. The van der Waals surface area contributed by atoms with Crippen LogP contribution in [0.15, 0.2) is 42.1 Å². The van der Waals surface area contributed by atoms with E-state index in [1.807, 2.05) is 0 Å². The summed E-state index contributed by atoms with van der Waals surface area (Å²) in [6.07, 6.45) is 10.7. The Hall–Kier alpha value is -2.43. The molecule has 0 spiro atoms. The highest BCUT2D eigenvalue weighted by molar-refractivity contribution is 7.89. The van der Waals surface area contributed by atoms with E-state index >= 15 is 0 Å². The Kier molecular flexibility index (Phi) is 5.55. The zero-order valence-electron chi connectivity index (χ0n) is 14.2. The molecule has 1 atom stereocenters. The van der Waals surface area contributed by atoms with E-state index < -0.39 is 22.2 Å². The van der Waals surface area contributed by atoms with Gasteiger partial charge >= 0.3 is 0 Å². The molecule has 3 rings (SSSR count). The Labute approximate surface area is 151 Å². The SMILES string of the molecule is Cn1cnc(S(=O)(=O)n2ccc(/C=C/C(=O)NOC3CCCCO3)c2)c1. The average molecular weight is 380 g/mol. The summed E-state index contributed by atoms with van der Waals surface area (Å²) in [4.78, 5) is 20.8. The Morgan fingerprint density at radius 3 is 2.96 bits per heavy atom. The lowest BCUT2D eigenvalue weighted by Crippen LogP contribution is -2.32. The summed E-state index contributed by atoms with van der Waals surface area (Å²) in [6.45, 7) is 0.620. The first kappa shape index (κ1) is 18.4. The van der Waals surface area contributed by atoms with Gasteiger partial charge < -0.3 is 9.30 Å². The third-order valence-corrected chi connectivity index (χ3v) is 5.29. The fraction of sp³-hybridized carbons (Fsp3) is 0.375. The van der Waals surface area contributed by atoms with Gasteiger partial charge in [-0.05, 0) is 30.5 Å². The van der Waals surface area contributed by atoms with Crippen LogP contribution in [-0.2, 0) is 31.4 Å². The van der Waals surface area contributed by atoms with Crippen LogP contribution in [0.2, 0.25) is 0 Å². The Bertz CT molecular complexity index is 893. The van der Waals surface area contributed by atoms with E-state index in [4.69, 9.17) is 9.57 Å². The number of amides is 1. The summed E-state index contributed by atoms with van der Waals surface area (Å²) in [6, 6.07) is 1.58. The normalized spacial score (nSPS) is 18.3. The quantitative estimate of drug-likeness (QED) is 0.593. The number of hydroxylamine groups is 1. The number of imidazole rings is 1. The maximum absolute atomic E-state index is 12.4. The van der Waals surface area contributed by atoms with Gasteiger partial charge in [0.1, 0.15) is 0 Å². The van der Waals surface area contributed by atoms with Gasteiger partial charge in [-0.1, -0.05) is 0 Å². The number of aryl methyl sites for hydroxylation is 1. The summed E-state index contributed by atoms with van der Waals surface area (Å²) in [7, 11) is -2.06. The predicted octanol–water partition coefficient (Wildman–Crippen LogP) is 1.05. The first-order chi connectivity index (χ1) is 12.4. The van der Waals surface area contributed by atoms with Gasteiger partial charge in [-0.3, -0.25) is 4.79 Å². The number of carbonyl (C=O) groups is 1. The van der Waals surface area contributed by atoms with E-state index in [1.165, 1.54) is 37.1 Å². The Morgan fingerprint density at radius 1 is 1.42 bits per heavy atom. The molecule has 26 heavy (non-hydrogen) atoms. The second-order valence-corrected chi connectivity index (χ2v) is 7.66. The molecule has 1 N–H and O–H groups in total. The topological polar surface area (TPSA) is 104 Å². The van der Waals surface area contributed by atoms with Gasteiger partial charge in [0.15, 0.2) is 11.3 Å². The molecule has 0 aliphatic carbocycles. The van der Waals surface area contributed by atoms with Gasteiger partial charge in [-0.15, -0.1) is 0 Å². The highest BCUT2D eigenvalue weighted by Crippen LogP contribution is 2.14. The average Bonchev–Trinajstić information content (AvgIpc) is 3.29. The molecule has 3 heterocycles. The third kappa shape index (κ3) is 4.40. The molecule has 2 aromatic rings. The molecule has 1 aliphatic heterocycles. The first-order valence-corrected chi connectivity index (χ1v) is 9.56. The minimum absolute atomic E-state index is 0.0512. The maximum atomic E-state index is 12.4. The highest BCUT2D eigenvalue weighted by Gasteiger charge is 2.19. The van der Waals surface area contributed by atoms with Crippen LogP contribution in [0.1, 0.15) is 24.8 Å². The summed E-state index contributed by atoms with van der Waals surface area (Å²) in [5, 5.41) is -0.0512. The van der Waals surface area contributed by atoms with Crippen LogP contribution in [0.3, 0.4) is 0 Å². The lowest BCUT2D eigenvalue weighted by Gasteiger charge is -2.21. The van der Waals surface area contributed by atoms with E-state index in [1.54, 1.807) is 17.7 Å². The number of rotatable bonds is 6. The van der Waals surface area contributed by atoms with Crippen molar-refractivity contribution in [1.82, 2.24) is 19.0 Å². The number of aromatic nitrogens is 3. The van der Waals surface area contributed by atoms with Crippen molar-refractivity contribution in [3.8, 4) is 0 Å². The number of ether oxygens (including phenoxy) is 1. The van der Waals surface area contributed by atoms with Crippen LogP contribution in [0.25, 0.3) is 6.08 Å². The lowest BCUT2D eigenvalue weighted by molar-refractivity contribution is -0.198. The maximum Gasteiger partial charge on any atom is 0.286 e. The van der Waals surface area contributed by atoms with Crippen LogP contribution in [0.4, 0.5) is 0 Å². The first-order valence-electron chi connectivity index (χ1n) is 8.12. The van der Waals surface area contributed by atoms with Crippen molar-refractivity contribution in [3.63, 3.8) is 0 Å². The Balaban J connectivity index is 1.59. The summed E-state index contributed by atoms with van der Waals surface area (Å²) in [5.41, 5.74) is 2.85. The van der Waals surface area contributed by atoms with Crippen molar-refractivity contribution >= 4 is 22.0 Å². The summed E-state index contributed by atoms with van der Waals surface area (Å²) >= 11 is 0. The molecule has 10 heteroatoms. The molecule has 1 saturated heterocycles. The largest absolute Gasteiger partial charge is 0.350 e. The van der Waals surface area contributed by atoms with E-state index in [0.717, 1.165) is 23.2 Å². The van der Waals surface area contributed by atoms with Gasteiger partial charge in [0, 0.05) is 44.7 Å². The van der Waals surface area contributed by atoms with E-state index in [0.29, 0.717) is 12.2 Å². The minimum Gasteiger partial charge on any atom is -0.350 e. The van der Waals surface area contributed by atoms with E-state index in [-0.39, 0.29) is 5.03 Å². The van der Waals surface area contributed by atoms with Crippen LogP contribution in [-0.4, -0.2) is 40.7 Å². The molecular formula is C16H20N4O5S. The van der Waals surface area contributed by atoms with Crippen LogP contribution in [0, 0.1) is 0 Å². The van der Waals surface area contributed by atoms with Crippen LogP contribution < -0.4 is 5.48 Å². The number of hydrogen-bond donors (Lipinski definition) is 1. The van der Waals surface area contributed by atoms with Crippen molar-refractivity contribution in [3.05, 3.63) is 42.6 Å². The molecule has 0 saturated carbocycles. The Morgan fingerprint density at radius 2 is 2.27 bits per heavy atom. The fourth-order valence-electron chi connectivity index (χ4n) is 2.40. The lowest BCUT2D eigenvalue weighted by atomic mass is 10.2. The van der Waals surface area contributed by atoms with Gasteiger partial charge in [0.05, 0.1) is 6.33 Å². The highest BCUT2D eigenvalue weighted by atomic mass is 32.2. The number of nitrogens with one attached hydrogen (secondary N) is 1. The molecule has 2 aromatic heterocycles. The van der Waals surface area contributed by atoms with Crippen molar-refractivity contribution in [1.29, 1.82) is 0 Å². The molecule has 0 radical (unpaired) electrons. The number of hydrogen-bond acceptors (Lipinski definition) is 6. The predicted molar refractivity (Wildman–Crippen MR) is 92.1 cm³/mol. The number of nitrogens with zero attached hydrogens (tertiary/aromatic N) is 3. The van der Waals surface area contributed by atoms with Gasteiger partial charge in [-0.2, -0.15) is 8.42 Å². The second-order valence-electron chi connectivity index (χ2n) is 5.87. The minimum atomic E-state index is -3.75. The molecule has 0 aromatic carbocycles. The van der Waals surface area contributed by atoms with Crippen LogP contribution in [0.5, 0.6) is 0 Å². The van der Waals surface area contributed by atoms with Crippen molar-refractivity contribution < 1.29 is 22.8 Å². The van der Waals surface area contributed by atoms with Gasteiger partial charge in [-0.25, -0.2) is 19.3 Å². The molecule has 0 bridgehead atoms. The van der Waals surface area contributed by atoms with Crippen LogP contribution >= 0.6 is 0 Å². The third-order valence-electron chi connectivity index (χ3n) is 3.77. The summed E-state index contributed by atoms with van der Waals surface area (Å²) < 4.78 is 32.8. The smallest absolute Gasteiger partial charge is 0.286 e. The van der Waals surface area contributed by atoms with E-state index in [2.05, 4.69) is 10.5 Å². The van der Waals surface area contributed by atoms with E-state index in [9.17, 15) is 13.2 Å². The fourth-order valence-corrected chi connectivity index (χ4v) is 3.58. The van der Waals surface area contributed by atoms with Gasteiger partial charge in [0.2, 0.25) is 0 Å². The van der Waals surface area contributed by atoms with Crippen molar-refractivity contribution in [2.24, 2.45) is 7.05 Å². The molecule has 1 unspecified atom stereocenters. The van der Waals surface area contributed by atoms with Gasteiger partial charge in [0.25, 0.3) is 15.9 Å². The zero-order chi connectivity index (χ0) is 18.6. The van der Waals surface area contributed by atoms with Crippen molar-refractivity contribution in [2.75, 3.05) is 6.61 Å². The molecule has 1 amide bonds. The second kappa shape index (κ2) is 7.85. The zero-order valence-corrected chi connectivity index (χ0v) is 15.1. The van der Waals surface area contributed by atoms with Crippen molar-refractivity contribution in [2.45, 2.75) is 30.6 Å². The monoisotopic (exact) mass is 380 g/mol. The standard InChI is InChI=1S/C16H20N4O5S/c1-19-11-15(17-12-19)26(22,23)20-8-7-13(10-20)5-6-14(21)18-25-16-4-2-3-9-24-16/h5-8,10-12,16H,2-4,9H2,1H3,(H,18,21)/b6-5+.